The van der Waals surface area contributed by atoms with Crippen molar-refractivity contribution in [2.45, 2.75) is 32.5 Å². The van der Waals surface area contributed by atoms with Gasteiger partial charge >= 0.3 is 7.05 Å². The number of aryl methyl sites for hydroxylation is 1. The minimum atomic E-state index is -0.713. The van der Waals surface area contributed by atoms with Crippen LogP contribution < -0.4 is 4.74 Å². The van der Waals surface area contributed by atoms with Crippen molar-refractivity contribution < 1.29 is 14.6 Å². The fourth-order valence-corrected chi connectivity index (χ4v) is 2.66. The molecule has 1 aliphatic rings. The molecule has 1 aromatic rings. The van der Waals surface area contributed by atoms with Crippen LogP contribution in [0, 0.1) is 6.92 Å². The molecule has 0 saturated carbocycles. The number of amides is 1. The maximum atomic E-state index is 11.7. The third-order valence-corrected chi connectivity index (χ3v) is 3.79. The van der Waals surface area contributed by atoms with E-state index in [2.05, 4.69) is 6.07 Å². The zero-order valence-corrected chi connectivity index (χ0v) is 11.7. The van der Waals surface area contributed by atoms with E-state index in [0.29, 0.717) is 13.0 Å². The van der Waals surface area contributed by atoms with Gasteiger partial charge < -0.3 is 14.6 Å². The van der Waals surface area contributed by atoms with Crippen LogP contribution in [0.25, 0.3) is 0 Å². The first kappa shape index (κ1) is 13.9. The van der Waals surface area contributed by atoms with Crippen LogP contribution in [0.3, 0.4) is 0 Å². The van der Waals surface area contributed by atoms with Crippen molar-refractivity contribution in [3.05, 3.63) is 29.3 Å². The second-order valence-electron chi connectivity index (χ2n) is 5.14. The summed E-state index contributed by atoms with van der Waals surface area (Å²) in [4.78, 5) is 13.3. The summed E-state index contributed by atoms with van der Waals surface area (Å²) in [5, 5.41) is 9.63. The van der Waals surface area contributed by atoms with E-state index in [1.807, 2.05) is 19.1 Å². The van der Waals surface area contributed by atoms with Gasteiger partial charge in [0.15, 0.2) is 0 Å². The van der Waals surface area contributed by atoms with E-state index in [-0.39, 0.29) is 11.8 Å². The number of ether oxygens (including phenoxy) is 1. The molecule has 1 atom stereocenters. The first-order valence-electron chi connectivity index (χ1n) is 6.65. The summed E-state index contributed by atoms with van der Waals surface area (Å²) >= 11 is 0. The van der Waals surface area contributed by atoms with Gasteiger partial charge in [-0.25, -0.2) is 0 Å². The first-order chi connectivity index (χ1) is 9.02. The molecule has 1 N–H and O–H groups in total. The number of rotatable bonds is 3. The quantitative estimate of drug-likeness (QED) is 0.844. The Kier molecular flexibility index (Phi) is 4.15. The van der Waals surface area contributed by atoms with Gasteiger partial charge in [0.2, 0.25) is 5.91 Å². The van der Waals surface area contributed by atoms with Gasteiger partial charge in [0.1, 0.15) is 5.75 Å². The van der Waals surface area contributed by atoms with Crippen LogP contribution in [0.1, 0.15) is 29.9 Å². The van der Waals surface area contributed by atoms with E-state index in [9.17, 15) is 9.82 Å². The van der Waals surface area contributed by atoms with Gasteiger partial charge in [-0.15, -0.1) is 0 Å². The predicted octanol–water partition coefficient (Wildman–Crippen LogP) is 1.82. The number of methoxy groups -OCH3 is 1. The summed E-state index contributed by atoms with van der Waals surface area (Å²) < 4.78 is 5.26. The topological polar surface area (TPSA) is 49.8 Å². The van der Waals surface area contributed by atoms with E-state index in [1.165, 1.54) is 5.56 Å². The van der Waals surface area contributed by atoms with E-state index in [4.69, 9.17) is 4.74 Å². The Balaban J connectivity index is 2.18. The summed E-state index contributed by atoms with van der Waals surface area (Å²) in [5.74, 6) is 1.21. The number of piperidine rings is 1. The molecule has 0 aliphatic carbocycles. The highest BCUT2D eigenvalue weighted by molar-refractivity contribution is 6.49. The highest BCUT2D eigenvalue weighted by Gasteiger charge is 2.31. The molecule has 4 nitrogen and oxygen atoms in total. The summed E-state index contributed by atoms with van der Waals surface area (Å²) in [7, 11) is 0.950. The van der Waals surface area contributed by atoms with Crippen LogP contribution in [-0.2, 0) is 4.79 Å². The van der Waals surface area contributed by atoms with Gasteiger partial charge in [0, 0.05) is 18.9 Å². The highest BCUT2D eigenvalue weighted by Crippen LogP contribution is 2.30. The molecule has 1 heterocycles. The number of carbonyl (C=O) groups is 1. The standard InChI is InChI=1S/C14H20BNO3/c1-10-8-11(4-6-13(10)19-3)12-5-7-14(17)16(9-12)15(2)18/h4,6,8,12,18H,5,7,9H2,1-3H3/t12-/m1/s1. The van der Waals surface area contributed by atoms with Crippen molar-refractivity contribution in [2.24, 2.45) is 0 Å². The molecule has 1 aromatic carbocycles. The monoisotopic (exact) mass is 261 g/mol. The molecule has 0 radical (unpaired) electrons. The fraction of sp³-hybridized carbons (Fsp3) is 0.500. The van der Waals surface area contributed by atoms with Gasteiger partial charge in [-0.2, -0.15) is 0 Å². The average molecular weight is 261 g/mol. The van der Waals surface area contributed by atoms with Crippen LogP contribution in [0.15, 0.2) is 18.2 Å². The summed E-state index contributed by atoms with van der Waals surface area (Å²) in [5.41, 5.74) is 2.30. The lowest BCUT2D eigenvalue weighted by Crippen LogP contribution is -2.47. The Morgan fingerprint density at radius 1 is 1.47 bits per heavy atom. The average Bonchev–Trinajstić information content (AvgIpc) is 2.38. The van der Waals surface area contributed by atoms with Crippen molar-refractivity contribution >= 4 is 13.0 Å². The lowest BCUT2D eigenvalue weighted by Gasteiger charge is -2.34. The van der Waals surface area contributed by atoms with Crippen molar-refractivity contribution in [1.29, 1.82) is 0 Å². The molecular formula is C14H20BNO3. The second-order valence-corrected chi connectivity index (χ2v) is 5.14. The number of hydrogen-bond donors (Lipinski definition) is 1. The maximum absolute atomic E-state index is 11.7. The molecule has 102 valence electrons. The number of carbonyl (C=O) groups excluding carboxylic acids is 1. The zero-order valence-electron chi connectivity index (χ0n) is 11.7. The second kappa shape index (κ2) is 5.65. The Bertz CT molecular complexity index is 476. The molecule has 0 unspecified atom stereocenters. The van der Waals surface area contributed by atoms with Gasteiger partial charge in [0.05, 0.1) is 7.11 Å². The SMILES string of the molecule is COc1ccc([C@@H]2CCC(=O)N(B(C)O)C2)cc1C. The smallest absolute Gasteiger partial charge is 0.411 e. The van der Waals surface area contributed by atoms with Gasteiger partial charge in [-0.3, -0.25) is 4.79 Å². The van der Waals surface area contributed by atoms with Gasteiger partial charge in [0.25, 0.3) is 0 Å². The lowest BCUT2D eigenvalue weighted by molar-refractivity contribution is -0.129. The number of benzene rings is 1. The number of hydrogen-bond acceptors (Lipinski definition) is 3. The van der Waals surface area contributed by atoms with Crippen LogP contribution in [0.5, 0.6) is 5.75 Å². The van der Waals surface area contributed by atoms with Gasteiger partial charge in [-0.05, 0) is 37.4 Å². The Morgan fingerprint density at radius 3 is 2.79 bits per heavy atom. The molecule has 1 amide bonds. The Morgan fingerprint density at radius 2 is 2.21 bits per heavy atom. The van der Waals surface area contributed by atoms with E-state index < -0.39 is 7.05 Å². The zero-order chi connectivity index (χ0) is 14.0. The largest absolute Gasteiger partial charge is 0.496 e. The summed E-state index contributed by atoms with van der Waals surface area (Å²) in [6.45, 7) is 4.24. The molecule has 0 spiro atoms. The number of nitrogens with zero attached hydrogens (tertiary/aromatic N) is 1. The molecule has 1 saturated heterocycles. The Labute approximate surface area is 114 Å². The van der Waals surface area contributed by atoms with Crippen LogP contribution in [0.2, 0.25) is 6.82 Å². The lowest BCUT2D eigenvalue weighted by atomic mass is 9.78. The molecular weight excluding hydrogens is 241 g/mol. The van der Waals surface area contributed by atoms with Crippen LogP contribution in [0.4, 0.5) is 0 Å². The van der Waals surface area contributed by atoms with Crippen molar-refractivity contribution in [1.82, 2.24) is 4.81 Å². The third-order valence-electron chi connectivity index (χ3n) is 3.79. The van der Waals surface area contributed by atoms with E-state index in [0.717, 1.165) is 17.7 Å². The molecule has 0 bridgehead atoms. The fourth-order valence-electron chi connectivity index (χ4n) is 2.66. The Hall–Kier alpha value is -1.49. The molecule has 1 aliphatic heterocycles. The summed E-state index contributed by atoms with van der Waals surface area (Å²) in [6, 6.07) is 6.12. The predicted molar refractivity (Wildman–Crippen MR) is 75.3 cm³/mol. The van der Waals surface area contributed by atoms with E-state index in [1.54, 1.807) is 18.7 Å². The van der Waals surface area contributed by atoms with Gasteiger partial charge in [-0.1, -0.05) is 12.1 Å². The van der Waals surface area contributed by atoms with Crippen molar-refractivity contribution in [3.63, 3.8) is 0 Å². The maximum Gasteiger partial charge on any atom is 0.411 e. The molecule has 5 heteroatoms. The third kappa shape index (κ3) is 2.92. The van der Waals surface area contributed by atoms with Crippen molar-refractivity contribution in [3.8, 4) is 5.75 Å². The minimum absolute atomic E-state index is 0.0384. The minimum Gasteiger partial charge on any atom is -0.496 e. The first-order valence-corrected chi connectivity index (χ1v) is 6.65. The molecule has 2 rings (SSSR count). The highest BCUT2D eigenvalue weighted by atomic mass is 16.5. The van der Waals surface area contributed by atoms with Crippen molar-refractivity contribution in [2.75, 3.05) is 13.7 Å². The molecule has 19 heavy (non-hydrogen) atoms. The van der Waals surface area contributed by atoms with Crippen LogP contribution >= 0.6 is 0 Å². The normalized spacial score (nSPS) is 19.5. The van der Waals surface area contributed by atoms with Crippen LogP contribution in [-0.4, -0.2) is 36.4 Å². The molecule has 1 fully saturated rings. The summed E-state index contributed by atoms with van der Waals surface area (Å²) in [6.07, 6.45) is 1.34. The van der Waals surface area contributed by atoms with E-state index >= 15 is 0 Å². The molecule has 0 aromatic heterocycles.